The van der Waals surface area contributed by atoms with Crippen LogP contribution in [0.15, 0.2) is 12.4 Å². The van der Waals surface area contributed by atoms with Crippen molar-refractivity contribution >= 4 is 11.9 Å². The van der Waals surface area contributed by atoms with Crippen molar-refractivity contribution in [1.82, 2.24) is 14.9 Å². The van der Waals surface area contributed by atoms with Crippen molar-refractivity contribution in [3.05, 3.63) is 18.2 Å². The van der Waals surface area contributed by atoms with E-state index in [4.69, 9.17) is 0 Å². The van der Waals surface area contributed by atoms with Crippen LogP contribution >= 0.6 is 0 Å². The SMILES string of the molecule is O=C(O)[C@@H]1C[C@H]2CCCC[C@H]2N1C(=O)Cc1ncc[nH]1. The molecule has 108 valence electrons. The number of nitrogens with zero attached hydrogens (tertiary/aromatic N) is 2. The van der Waals surface area contributed by atoms with Gasteiger partial charge in [0.25, 0.3) is 0 Å². The van der Waals surface area contributed by atoms with Crippen LogP contribution in [0.5, 0.6) is 0 Å². The van der Waals surface area contributed by atoms with Gasteiger partial charge in [0.05, 0.1) is 6.42 Å². The Morgan fingerprint density at radius 1 is 1.40 bits per heavy atom. The van der Waals surface area contributed by atoms with E-state index >= 15 is 0 Å². The molecular formula is C14H19N3O3. The van der Waals surface area contributed by atoms with Crippen molar-refractivity contribution < 1.29 is 14.7 Å². The highest BCUT2D eigenvalue weighted by Crippen LogP contribution is 2.40. The van der Waals surface area contributed by atoms with E-state index in [0.717, 1.165) is 25.7 Å². The number of carboxylic acid groups (broad SMARTS) is 1. The molecule has 20 heavy (non-hydrogen) atoms. The highest BCUT2D eigenvalue weighted by atomic mass is 16.4. The summed E-state index contributed by atoms with van der Waals surface area (Å²) in [5.74, 6) is -0.0576. The Balaban J connectivity index is 1.79. The Labute approximate surface area is 117 Å². The fourth-order valence-electron chi connectivity index (χ4n) is 3.67. The van der Waals surface area contributed by atoms with Gasteiger partial charge in [0.1, 0.15) is 11.9 Å². The molecule has 3 rings (SSSR count). The average molecular weight is 277 g/mol. The largest absolute Gasteiger partial charge is 0.480 e. The molecule has 2 aliphatic rings. The quantitative estimate of drug-likeness (QED) is 0.869. The summed E-state index contributed by atoms with van der Waals surface area (Å²) < 4.78 is 0. The third kappa shape index (κ3) is 2.30. The van der Waals surface area contributed by atoms with Crippen LogP contribution in [0.25, 0.3) is 0 Å². The number of aliphatic carboxylic acids is 1. The third-order valence-electron chi connectivity index (χ3n) is 4.53. The van der Waals surface area contributed by atoms with Gasteiger partial charge in [0.2, 0.25) is 5.91 Å². The minimum atomic E-state index is -0.882. The molecule has 1 aromatic rings. The first-order valence-electron chi connectivity index (χ1n) is 7.19. The van der Waals surface area contributed by atoms with Crippen molar-refractivity contribution in [3.8, 4) is 0 Å². The number of H-pyrrole nitrogens is 1. The number of rotatable bonds is 3. The number of carboxylic acids is 1. The fraction of sp³-hybridized carbons (Fsp3) is 0.643. The summed E-state index contributed by atoms with van der Waals surface area (Å²) in [6.07, 6.45) is 8.22. The normalized spacial score (nSPS) is 29.2. The van der Waals surface area contributed by atoms with E-state index in [2.05, 4.69) is 9.97 Å². The van der Waals surface area contributed by atoms with Crippen LogP contribution < -0.4 is 0 Å². The number of likely N-dealkylation sites (tertiary alicyclic amines) is 1. The van der Waals surface area contributed by atoms with Crippen molar-refractivity contribution in [2.24, 2.45) is 5.92 Å². The van der Waals surface area contributed by atoms with Crippen molar-refractivity contribution in [3.63, 3.8) is 0 Å². The summed E-state index contributed by atoms with van der Waals surface area (Å²) in [5.41, 5.74) is 0. The molecule has 1 amide bonds. The zero-order valence-corrected chi connectivity index (χ0v) is 11.3. The van der Waals surface area contributed by atoms with E-state index in [1.807, 2.05) is 0 Å². The first-order valence-corrected chi connectivity index (χ1v) is 7.19. The zero-order chi connectivity index (χ0) is 14.1. The maximum absolute atomic E-state index is 12.5. The Kier molecular flexibility index (Phi) is 3.46. The van der Waals surface area contributed by atoms with Crippen LogP contribution in [-0.2, 0) is 16.0 Å². The summed E-state index contributed by atoms with van der Waals surface area (Å²) in [4.78, 5) is 32.5. The average Bonchev–Trinajstić information content (AvgIpc) is 3.04. The molecule has 0 unspecified atom stereocenters. The maximum atomic E-state index is 12.5. The molecule has 1 saturated heterocycles. The maximum Gasteiger partial charge on any atom is 0.326 e. The molecule has 1 aromatic heterocycles. The fourth-order valence-corrected chi connectivity index (χ4v) is 3.67. The number of hydrogen-bond donors (Lipinski definition) is 2. The van der Waals surface area contributed by atoms with Gasteiger partial charge in [0.15, 0.2) is 0 Å². The Hall–Kier alpha value is -1.85. The van der Waals surface area contributed by atoms with Gasteiger partial charge < -0.3 is 15.0 Å². The van der Waals surface area contributed by atoms with Gasteiger partial charge in [-0.3, -0.25) is 4.79 Å². The summed E-state index contributed by atoms with van der Waals surface area (Å²) in [6.45, 7) is 0. The van der Waals surface area contributed by atoms with E-state index < -0.39 is 12.0 Å². The van der Waals surface area contributed by atoms with E-state index in [9.17, 15) is 14.7 Å². The highest BCUT2D eigenvalue weighted by molar-refractivity contribution is 5.85. The molecule has 1 aliphatic carbocycles. The lowest BCUT2D eigenvalue weighted by atomic mass is 9.84. The van der Waals surface area contributed by atoms with Gasteiger partial charge in [0, 0.05) is 18.4 Å². The Morgan fingerprint density at radius 2 is 2.20 bits per heavy atom. The number of fused-ring (bicyclic) bond motifs is 1. The topological polar surface area (TPSA) is 86.3 Å². The number of carbonyl (C=O) groups excluding carboxylic acids is 1. The monoisotopic (exact) mass is 277 g/mol. The molecule has 3 atom stereocenters. The van der Waals surface area contributed by atoms with Crippen LogP contribution in [0.4, 0.5) is 0 Å². The van der Waals surface area contributed by atoms with E-state index in [0.29, 0.717) is 18.2 Å². The van der Waals surface area contributed by atoms with Gasteiger partial charge in [-0.15, -0.1) is 0 Å². The van der Waals surface area contributed by atoms with Crippen molar-refractivity contribution in [2.75, 3.05) is 0 Å². The summed E-state index contributed by atoms with van der Waals surface area (Å²) in [6, 6.07) is -0.558. The second kappa shape index (κ2) is 5.26. The highest BCUT2D eigenvalue weighted by Gasteiger charge is 2.47. The lowest BCUT2D eigenvalue weighted by molar-refractivity contribution is -0.149. The molecule has 0 bridgehead atoms. The van der Waals surface area contributed by atoms with Crippen LogP contribution in [-0.4, -0.2) is 43.9 Å². The van der Waals surface area contributed by atoms with Crippen LogP contribution in [0, 0.1) is 5.92 Å². The molecule has 2 heterocycles. The smallest absolute Gasteiger partial charge is 0.326 e. The molecule has 0 aromatic carbocycles. The number of aromatic amines is 1. The van der Waals surface area contributed by atoms with Gasteiger partial charge in [-0.1, -0.05) is 12.8 Å². The number of aromatic nitrogens is 2. The molecular weight excluding hydrogens is 258 g/mol. The number of imidazole rings is 1. The number of hydrogen-bond acceptors (Lipinski definition) is 3. The standard InChI is InChI=1S/C14H19N3O3/c18-13(8-12-15-5-6-16-12)17-10-4-2-1-3-9(10)7-11(17)14(19)20/h5-6,9-11H,1-4,7-8H2,(H,15,16)(H,19,20)/t9-,10-,11+/m1/s1. The Morgan fingerprint density at radius 3 is 2.90 bits per heavy atom. The molecule has 6 heteroatoms. The number of nitrogens with one attached hydrogen (secondary N) is 1. The molecule has 0 spiro atoms. The molecule has 2 N–H and O–H groups in total. The third-order valence-corrected chi connectivity index (χ3v) is 4.53. The van der Waals surface area contributed by atoms with Gasteiger partial charge >= 0.3 is 5.97 Å². The number of carbonyl (C=O) groups is 2. The molecule has 1 saturated carbocycles. The molecule has 6 nitrogen and oxygen atoms in total. The minimum absolute atomic E-state index is 0.104. The van der Waals surface area contributed by atoms with Gasteiger partial charge in [-0.05, 0) is 25.2 Å². The lowest BCUT2D eigenvalue weighted by Gasteiger charge is -2.32. The molecule has 2 fully saturated rings. The molecule has 0 radical (unpaired) electrons. The Bertz CT molecular complexity index is 500. The van der Waals surface area contributed by atoms with E-state index in [1.165, 1.54) is 0 Å². The lowest BCUT2D eigenvalue weighted by Crippen LogP contribution is -2.47. The summed E-state index contributed by atoms with van der Waals surface area (Å²) >= 11 is 0. The van der Waals surface area contributed by atoms with Gasteiger partial charge in [-0.25, -0.2) is 9.78 Å². The summed E-state index contributed by atoms with van der Waals surface area (Å²) in [7, 11) is 0. The van der Waals surface area contributed by atoms with Crippen LogP contribution in [0.2, 0.25) is 0 Å². The molecule has 1 aliphatic heterocycles. The zero-order valence-electron chi connectivity index (χ0n) is 11.3. The first kappa shape index (κ1) is 13.1. The predicted molar refractivity (Wildman–Crippen MR) is 70.9 cm³/mol. The first-order chi connectivity index (χ1) is 9.66. The number of amides is 1. The van der Waals surface area contributed by atoms with Crippen LogP contribution in [0.3, 0.4) is 0 Å². The minimum Gasteiger partial charge on any atom is -0.480 e. The van der Waals surface area contributed by atoms with E-state index in [1.54, 1.807) is 17.3 Å². The second-order valence-electron chi connectivity index (χ2n) is 5.72. The van der Waals surface area contributed by atoms with Gasteiger partial charge in [-0.2, -0.15) is 0 Å². The summed E-state index contributed by atoms with van der Waals surface area (Å²) in [5, 5.41) is 9.39. The predicted octanol–water partition coefficient (Wildman–Crippen LogP) is 1.20. The van der Waals surface area contributed by atoms with Crippen molar-refractivity contribution in [1.29, 1.82) is 0 Å². The van der Waals surface area contributed by atoms with E-state index in [-0.39, 0.29) is 18.4 Å². The second-order valence-corrected chi connectivity index (χ2v) is 5.72. The van der Waals surface area contributed by atoms with Crippen molar-refractivity contribution in [2.45, 2.75) is 50.6 Å². The van der Waals surface area contributed by atoms with Crippen LogP contribution in [0.1, 0.15) is 37.9 Å².